The maximum atomic E-state index is 11.2. The topological polar surface area (TPSA) is 55.1 Å². The smallest absolute Gasteiger partial charge is 0.149 e. The summed E-state index contributed by atoms with van der Waals surface area (Å²) in [5, 5.41) is 3.37. The van der Waals surface area contributed by atoms with Crippen LogP contribution in [-0.2, 0) is 4.79 Å². The molecular weight excluding hydrogens is 176 g/mol. The summed E-state index contributed by atoms with van der Waals surface area (Å²) in [6.07, 6.45) is 2.30. The van der Waals surface area contributed by atoms with Crippen LogP contribution in [0.4, 0.5) is 0 Å². The molecule has 1 unspecified atom stereocenters. The van der Waals surface area contributed by atoms with Gasteiger partial charge < -0.3 is 11.1 Å². The molecule has 0 spiro atoms. The molecule has 0 aromatic heterocycles. The van der Waals surface area contributed by atoms with Crippen molar-refractivity contribution in [2.24, 2.45) is 5.73 Å². The third kappa shape index (κ3) is 7.04. The molecule has 0 aliphatic carbocycles. The quantitative estimate of drug-likeness (QED) is 0.638. The third-order valence-corrected chi connectivity index (χ3v) is 2.11. The van der Waals surface area contributed by atoms with Crippen molar-refractivity contribution in [2.75, 3.05) is 6.54 Å². The van der Waals surface area contributed by atoms with Crippen LogP contribution in [0.25, 0.3) is 0 Å². The molecule has 3 nitrogen and oxygen atoms in total. The molecule has 84 valence electrons. The number of ketones is 1. The van der Waals surface area contributed by atoms with Crippen molar-refractivity contribution in [3.05, 3.63) is 0 Å². The Morgan fingerprint density at radius 2 is 2.00 bits per heavy atom. The molecule has 3 heteroatoms. The summed E-state index contributed by atoms with van der Waals surface area (Å²) in [5.41, 5.74) is 5.85. The second kappa shape index (κ2) is 6.14. The monoisotopic (exact) mass is 200 g/mol. The molecule has 0 bridgehead atoms. The van der Waals surface area contributed by atoms with E-state index in [9.17, 15) is 4.79 Å². The van der Waals surface area contributed by atoms with E-state index in [0.29, 0.717) is 6.42 Å². The summed E-state index contributed by atoms with van der Waals surface area (Å²) < 4.78 is 0. The van der Waals surface area contributed by atoms with Gasteiger partial charge in [0.25, 0.3) is 0 Å². The Bertz CT molecular complexity index is 173. The van der Waals surface area contributed by atoms with E-state index in [0.717, 1.165) is 19.4 Å². The normalized spacial score (nSPS) is 14.1. The van der Waals surface area contributed by atoms with Gasteiger partial charge in [-0.3, -0.25) is 4.79 Å². The number of nitrogens with one attached hydrogen (secondary N) is 1. The molecule has 0 saturated heterocycles. The van der Waals surface area contributed by atoms with E-state index in [1.165, 1.54) is 0 Å². The number of hydrogen-bond acceptors (Lipinski definition) is 3. The lowest BCUT2D eigenvalue weighted by Crippen LogP contribution is -2.37. The number of rotatable bonds is 6. The van der Waals surface area contributed by atoms with Gasteiger partial charge in [0.15, 0.2) is 0 Å². The van der Waals surface area contributed by atoms with Crippen molar-refractivity contribution >= 4 is 5.78 Å². The number of nitrogens with two attached hydrogens (primary N) is 1. The van der Waals surface area contributed by atoms with Crippen molar-refractivity contribution in [1.82, 2.24) is 5.32 Å². The van der Waals surface area contributed by atoms with Gasteiger partial charge >= 0.3 is 0 Å². The lowest BCUT2D eigenvalue weighted by atomic mass is 10.0. The highest BCUT2D eigenvalue weighted by atomic mass is 16.1. The second-order valence-corrected chi connectivity index (χ2v) is 4.75. The van der Waals surface area contributed by atoms with Crippen LogP contribution < -0.4 is 11.1 Å². The Kier molecular flexibility index (Phi) is 5.96. The van der Waals surface area contributed by atoms with Gasteiger partial charge in [0.05, 0.1) is 6.04 Å². The summed E-state index contributed by atoms with van der Waals surface area (Å²) in [6.45, 7) is 9.17. The molecule has 1 atom stereocenters. The van der Waals surface area contributed by atoms with Crippen molar-refractivity contribution in [3.8, 4) is 0 Å². The minimum absolute atomic E-state index is 0.152. The van der Waals surface area contributed by atoms with Gasteiger partial charge in [0.2, 0.25) is 0 Å². The molecule has 0 fully saturated rings. The molecule has 0 heterocycles. The van der Waals surface area contributed by atoms with Crippen molar-refractivity contribution < 1.29 is 4.79 Å². The van der Waals surface area contributed by atoms with Crippen LogP contribution in [0.3, 0.4) is 0 Å². The first kappa shape index (κ1) is 13.6. The summed E-state index contributed by atoms with van der Waals surface area (Å²) in [6, 6.07) is -0.262. The number of carbonyl (C=O) groups excluding carboxylic acids is 1. The highest BCUT2D eigenvalue weighted by molar-refractivity contribution is 5.83. The highest BCUT2D eigenvalue weighted by Crippen LogP contribution is 2.01. The highest BCUT2D eigenvalue weighted by Gasteiger charge is 2.11. The zero-order valence-corrected chi connectivity index (χ0v) is 9.89. The Morgan fingerprint density at radius 1 is 1.43 bits per heavy atom. The maximum Gasteiger partial charge on any atom is 0.149 e. The van der Waals surface area contributed by atoms with Gasteiger partial charge in [0, 0.05) is 12.0 Å². The standard InChI is InChI=1S/C11H24N2O/c1-5-10(14)9(12)7-6-8-13-11(2,3)4/h9,13H,5-8,12H2,1-4H3. The number of hydrogen-bond donors (Lipinski definition) is 2. The maximum absolute atomic E-state index is 11.2. The van der Waals surface area contributed by atoms with Crippen molar-refractivity contribution in [3.63, 3.8) is 0 Å². The zero-order chi connectivity index (χ0) is 11.2. The first-order chi connectivity index (χ1) is 6.37. The molecule has 0 aliphatic heterocycles. The SMILES string of the molecule is CCC(=O)C(N)CCCNC(C)(C)C. The van der Waals surface area contributed by atoms with Crippen molar-refractivity contribution in [2.45, 2.75) is 58.5 Å². The van der Waals surface area contributed by atoms with Gasteiger partial charge in [-0.2, -0.15) is 0 Å². The molecule has 14 heavy (non-hydrogen) atoms. The van der Waals surface area contributed by atoms with Gasteiger partial charge in [-0.15, -0.1) is 0 Å². The van der Waals surface area contributed by atoms with E-state index in [4.69, 9.17) is 5.73 Å². The minimum atomic E-state index is -0.262. The van der Waals surface area contributed by atoms with E-state index in [2.05, 4.69) is 26.1 Å². The summed E-state index contributed by atoms with van der Waals surface area (Å²) >= 11 is 0. The Morgan fingerprint density at radius 3 is 2.43 bits per heavy atom. The third-order valence-electron chi connectivity index (χ3n) is 2.11. The number of carbonyl (C=O) groups is 1. The fourth-order valence-electron chi connectivity index (χ4n) is 1.21. The fraction of sp³-hybridized carbons (Fsp3) is 0.909. The molecule has 0 aromatic rings. The molecule has 0 aromatic carbocycles. The second-order valence-electron chi connectivity index (χ2n) is 4.75. The molecule has 0 rings (SSSR count). The molecule has 0 aliphatic rings. The summed E-state index contributed by atoms with van der Waals surface area (Å²) in [5.74, 6) is 0.167. The van der Waals surface area contributed by atoms with Gasteiger partial charge in [-0.1, -0.05) is 6.92 Å². The van der Waals surface area contributed by atoms with Crippen molar-refractivity contribution in [1.29, 1.82) is 0 Å². The molecular formula is C11H24N2O. The summed E-state index contributed by atoms with van der Waals surface area (Å²) in [7, 11) is 0. The molecule has 0 radical (unpaired) electrons. The van der Waals surface area contributed by atoms with E-state index >= 15 is 0 Å². The molecule has 0 amide bonds. The van der Waals surface area contributed by atoms with Gasteiger partial charge in [-0.05, 0) is 40.2 Å². The van der Waals surface area contributed by atoms with Crippen LogP contribution in [-0.4, -0.2) is 23.9 Å². The average molecular weight is 200 g/mol. The first-order valence-corrected chi connectivity index (χ1v) is 5.40. The number of Topliss-reactive ketones (excluding diaryl/α,β-unsaturated/α-hetero) is 1. The van der Waals surface area contributed by atoms with E-state index < -0.39 is 0 Å². The minimum Gasteiger partial charge on any atom is -0.322 e. The summed E-state index contributed by atoms with van der Waals surface area (Å²) in [4.78, 5) is 11.2. The van der Waals surface area contributed by atoms with Gasteiger partial charge in [0.1, 0.15) is 5.78 Å². The van der Waals surface area contributed by atoms with E-state index in [1.807, 2.05) is 6.92 Å². The molecule has 3 N–H and O–H groups in total. The van der Waals surface area contributed by atoms with Crippen LogP contribution in [0.5, 0.6) is 0 Å². The van der Waals surface area contributed by atoms with Crippen LogP contribution in [0.2, 0.25) is 0 Å². The lowest BCUT2D eigenvalue weighted by Gasteiger charge is -2.20. The van der Waals surface area contributed by atoms with Crippen LogP contribution in [0.1, 0.15) is 47.0 Å². The van der Waals surface area contributed by atoms with Gasteiger partial charge in [-0.25, -0.2) is 0 Å². The van der Waals surface area contributed by atoms with Crippen LogP contribution in [0, 0.1) is 0 Å². The lowest BCUT2D eigenvalue weighted by molar-refractivity contribution is -0.120. The molecule has 0 saturated carbocycles. The van der Waals surface area contributed by atoms with E-state index in [1.54, 1.807) is 0 Å². The largest absolute Gasteiger partial charge is 0.322 e. The Labute approximate surface area is 87.4 Å². The fourth-order valence-corrected chi connectivity index (χ4v) is 1.21. The predicted octanol–water partition coefficient (Wildman–Crippen LogP) is 1.46. The predicted molar refractivity (Wildman–Crippen MR) is 60.3 cm³/mol. The Balaban J connectivity index is 3.50. The first-order valence-electron chi connectivity index (χ1n) is 5.40. The van der Waals surface area contributed by atoms with Crippen LogP contribution >= 0.6 is 0 Å². The van der Waals surface area contributed by atoms with E-state index in [-0.39, 0.29) is 17.4 Å². The average Bonchev–Trinajstić information content (AvgIpc) is 2.09. The van der Waals surface area contributed by atoms with Crippen LogP contribution in [0.15, 0.2) is 0 Å². The Hall–Kier alpha value is -0.410. The zero-order valence-electron chi connectivity index (χ0n) is 9.89.